The van der Waals surface area contributed by atoms with Gasteiger partial charge in [0.25, 0.3) is 0 Å². The van der Waals surface area contributed by atoms with Crippen molar-refractivity contribution in [2.24, 2.45) is 0 Å². The summed E-state index contributed by atoms with van der Waals surface area (Å²) in [6.45, 7) is 4.78. The van der Waals surface area contributed by atoms with E-state index in [-0.39, 0.29) is 0 Å². The first-order chi connectivity index (χ1) is 8.19. The molecule has 0 fully saturated rings. The fourth-order valence-corrected chi connectivity index (χ4v) is 1.60. The molecule has 3 heteroatoms. The van der Waals surface area contributed by atoms with E-state index in [2.05, 4.69) is 30.4 Å². The third-order valence-electron chi connectivity index (χ3n) is 2.82. The highest BCUT2D eigenvalue weighted by Crippen LogP contribution is 2.22. The number of aryl methyl sites for hydroxylation is 1. The Kier molecular flexibility index (Phi) is 5.51. The number of nitrogens with zero attached hydrogens (tertiary/aromatic N) is 1. The molecule has 0 aliphatic heterocycles. The number of rotatable bonds is 6. The second-order valence-corrected chi connectivity index (χ2v) is 4.15. The number of nitrogens with one attached hydrogen (secondary N) is 1. The smallest absolute Gasteiger partial charge is 0.122 e. The Labute approximate surface area is 103 Å². The molecule has 0 saturated carbocycles. The fourth-order valence-electron chi connectivity index (χ4n) is 1.60. The van der Waals surface area contributed by atoms with Crippen LogP contribution in [0.3, 0.4) is 0 Å². The molecule has 0 bridgehead atoms. The van der Waals surface area contributed by atoms with Gasteiger partial charge in [0.2, 0.25) is 0 Å². The van der Waals surface area contributed by atoms with E-state index in [1.54, 1.807) is 0 Å². The molecule has 1 rings (SSSR count). The van der Waals surface area contributed by atoms with E-state index in [0.29, 0.717) is 19.1 Å². The van der Waals surface area contributed by atoms with Gasteiger partial charge in [0.05, 0.1) is 12.7 Å². The van der Waals surface area contributed by atoms with Gasteiger partial charge in [-0.05, 0) is 44.5 Å². The second kappa shape index (κ2) is 6.93. The van der Waals surface area contributed by atoms with Crippen LogP contribution in [0, 0.1) is 18.3 Å². The van der Waals surface area contributed by atoms with E-state index < -0.39 is 0 Å². The van der Waals surface area contributed by atoms with Crippen molar-refractivity contribution in [3.05, 3.63) is 29.3 Å². The van der Waals surface area contributed by atoms with Crippen LogP contribution in [0.2, 0.25) is 0 Å². The summed E-state index contributed by atoms with van der Waals surface area (Å²) in [6, 6.07) is 8.68. The van der Waals surface area contributed by atoms with Gasteiger partial charge in [-0.25, -0.2) is 0 Å². The van der Waals surface area contributed by atoms with Gasteiger partial charge < -0.3 is 10.1 Å². The molecule has 0 spiro atoms. The largest absolute Gasteiger partial charge is 0.493 e. The average molecular weight is 232 g/mol. The Bertz CT molecular complexity index is 396. The molecule has 0 radical (unpaired) electrons. The molecule has 3 nitrogen and oxygen atoms in total. The summed E-state index contributed by atoms with van der Waals surface area (Å²) in [6.07, 6.45) is 1.33. The van der Waals surface area contributed by atoms with Gasteiger partial charge in [0, 0.05) is 12.5 Å². The van der Waals surface area contributed by atoms with Crippen LogP contribution in [0.1, 0.15) is 36.9 Å². The summed E-state index contributed by atoms with van der Waals surface area (Å²) in [5.74, 6) is 0.912. The molecule has 17 heavy (non-hydrogen) atoms. The summed E-state index contributed by atoms with van der Waals surface area (Å²) in [5, 5.41) is 11.6. The molecule has 0 saturated heterocycles. The first-order valence-electron chi connectivity index (χ1n) is 5.96. The number of hydrogen-bond acceptors (Lipinski definition) is 3. The molecular formula is C14H20N2O. The molecule has 0 aromatic heterocycles. The minimum absolute atomic E-state index is 0.348. The summed E-state index contributed by atoms with van der Waals surface area (Å²) >= 11 is 0. The van der Waals surface area contributed by atoms with Crippen molar-refractivity contribution in [3.63, 3.8) is 0 Å². The molecule has 1 N–H and O–H groups in total. The standard InChI is InChI=1S/C14H20N2O/c1-11-10-13(12(2)16-3)6-7-14(11)17-9-5-4-8-15/h6-7,10,12,16H,4-5,9H2,1-3H3. The highest BCUT2D eigenvalue weighted by atomic mass is 16.5. The van der Waals surface area contributed by atoms with Gasteiger partial charge >= 0.3 is 0 Å². The number of benzene rings is 1. The van der Waals surface area contributed by atoms with Crippen LogP contribution in [0.25, 0.3) is 0 Å². The van der Waals surface area contributed by atoms with Crippen molar-refractivity contribution in [2.45, 2.75) is 32.7 Å². The van der Waals surface area contributed by atoms with Gasteiger partial charge in [-0.3, -0.25) is 0 Å². The van der Waals surface area contributed by atoms with Crippen molar-refractivity contribution < 1.29 is 4.74 Å². The lowest BCUT2D eigenvalue weighted by Gasteiger charge is -2.14. The maximum Gasteiger partial charge on any atom is 0.122 e. The lowest BCUT2D eigenvalue weighted by Crippen LogP contribution is -2.12. The van der Waals surface area contributed by atoms with Crippen molar-refractivity contribution in [2.75, 3.05) is 13.7 Å². The van der Waals surface area contributed by atoms with Crippen LogP contribution < -0.4 is 10.1 Å². The van der Waals surface area contributed by atoms with E-state index in [9.17, 15) is 0 Å². The molecule has 1 unspecified atom stereocenters. The fraction of sp³-hybridized carbons (Fsp3) is 0.500. The molecule has 0 aliphatic carbocycles. The van der Waals surface area contributed by atoms with Crippen LogP contribution in [-0.4, -0.2) is 13.7 Å². The monoisotopic (exact) mass is 232 g/mol. The topological polar surface area (TPSA) is 45.0 Å². The van der Waals surface area contributed by atoms with Gasteiger partial charge in [-0.15, -0.1) is 0 Å². The lowest BCUT2D eigenvalue weighted by molar-refractivity contribution is 0.310. The zero-order valence-corrected chi connectivity index (χ0v) is 10.8. The van der Waals surface area contributed by atoms with Crippen LogP contribution in [0.5, 0.6) is 5.75 Å². The third kappa shape index (κ3) is 4.08. The van der Waals surface area contributed by atoms with Crippen molar-refractivity contribution in [1.29, 1.82) is 5.26 Å². The molecule has 0 amide bonds. The Morgan fingerprint density at radius 3 is 2.82 bits per heavy atom. The number of unbranched alkanes of at least 4 members (excludes halogenated alkanes) is 1. The summed E-state index contributed by atoms with van der Waals surface area (Å²) in [7, 11) is 1.95. The van der Waals surface area contributed by atoms with Crippen LogP contribution in [-0.2, 0) is 0 Å². The minimum Gasteiger partial charge on any atom is -0.493 e. The predicted octanol–water partition coefficient (Wildman–Crippen LogP) is 2.96. The van der Waals surface area contributed by atoms with Crippen molar-refractivity contribution in [3.8, 4) is 11.8 Å². The molecule has 1 aromatic carbocycles. The zero-order chi connectivity index (χ0) is 12.7. The zero-order valence-electron chi connectivity index (χ0n) is 10.8. The first kappa shape index (κ1) is 13.5. The predicted molar refractivity (Wildman–Crippen MR) is 69.0 cm³/mol. The summed E-state index contributed by atoms with van der Waals surface area (Å²) in [5.41, 5.74) is 2.40. The first-order valence-corrected chi connectivity index (χ1v) is 5.96. The molecule has 1 atom stereocenters. The van der Waals surface area contributed by atoms with Gasteiger partial charge in [-0.2, -0.15) is 5.26 Å². The Balaban J connectivity index is 2.60. The second-order valence-electron chi connectivity index (χ2n) is 4.15. The highest BCUT2D eigenvalue weighted by Gasteiger charge is 2.05. The minimum atomic E-state index is 0.348. The maximum atomic E-state index is 8.43. The van der Waals surface area contributed by atoms with Crippen LogP contribution >= 0.6 is 0 Å². The average Bonchev–Trinajstić information content (AvgIpc) is 2.35. The molecule has 92 valence electrons. The molecule has 1 aromatic rings. The number of hydrogen-bond donors (Lipinski definition) is 1. The van der Waals surface area contributed by atoms with E-state index in [1.165, 1.54) is 5.56 Å². The maximum absolute atomic E-state index is 8.43. The Morgan fingerprint density at radius 2 is 2.24 bits per heavy atom. The summed E-state index contributed by atoms with van der Waals surface area (Å²) < 4.78 is 5.64. The van der Waals surface area contributed by atoms with E-state index >= 15 is 0 Å². The van der Waals surface area contributed by atoms with Crippen molar-refractivity contribution >= 4 is 0 Å². The van der Waals surface area contributed by atoms with E-state index in [4.69, 9.17) is 10.00 Å². The van der Waals surface area contributed by atoms with E-state index in [0.717, 1.165) is 17.7 Å². The van der Waals surface area contributed by atoms with Crippen LogP contribution in [0.15, 0.2) is 18.2 Å². The SMILES string of the molecule is CNC(C)c1ccc(OCCCC#N)c(C)c1. The number of ether oxygens (including phenoxy) is 1. The lowest BCUT2D eigenvalue weighted by atomic mass is 10.1. The summed E-state index contributed by atoms with van der Waals surface area (Å²) in [4.78, 5) is 0. The van der Waals surface area contributed by atoms with E-state index in [1.807, 2.05) is 20.0 Å². The van der Waals surface area contributed by atoms with Gasteiger partial charge in [0.1, 0.15) is 5.75 Å². The molecule has 0 heterocycles. The highest BCUT2D eigenvalue weighted by molar-refractivity contribution is 5.37. The quantitative estimate of drug-likeness (QED) is 0.767. The number of nitriles is 1. The third-order valence-corrected chi connectivity index (χ3v) is 2.82. The molecule has 0 aliphatic rings. The van der Waals surface area contributed by atoms with Gasteiger partial charge in [-0.1, -0.05) is 12.1 Å². The van der Waals surface area contributed by atoms with Crippen molar-refractivity contribution in [1.82, 2.24) is 5.32 Å². The Hall–Kier alpha value is -1.53. The molecular weight excluding hydrogens is 212 g/mol. The normalized spacial score (nSPS) is 11.9. The Morgan fingerprint density at radius 1 is 1.47 bits per heavy atom. The van der Waals surface area contributed by atoms with Gasteiger partial charge in [0.15, 0.2) is 0 Å². The van der Waals surface area contributed by atoms with Crippen LogP contribution in [0.4, 0.5) is 0 Å².